The van der Waals surface area contributed by atoms with Crippen LogP contribution >= 0.6 is 0 Å². The number of primary amides is 1. The summed E-state index contributed by atoms with van der Waals surface area (Å²) in [6.45, 7) is -0.290. The predicted molar refractivity (Wildman–Crippen MR) is 58.7 cm³/mol. The molecule has 0 saturated heterocycles. The summed E-state index contributed by atoms with van der Waals surface area (Å²) in [6, 6.07) is 4.41. The Morgan fingerprint density at radius 2 is 2.12 bits per heavy atom. The van der Waals surface area contributed by atoms with Crippen molar-refractivity contribution < 1.29 is 14.7 Å². The molecule has 1 amide bonds. The standard InChI is InChI=1S/C10H9N3O4/c11-7(14)4-13-6-3-1-2-5(9(15)16)8(6)12-10(13)17/h1-3H,4H2,(H2,11,14)(H,12,17)(H,15,16). The monoisotopic (exact) mass is 235 g/mol. The summed E-state index contributed by atoms with van der Waals surface area (Å²) in [5, 5.41) is 8.94. The first kappa shape index (κ1) is 10.9. The molecule has 2 rings (SSSR count). The van der Waals surface area contributed by atoms with Crippen molar-refractivity contribution >= 4 is 22.9 Å². The van der Waals surface area contributed by atoms with Gasteiger partial charge in [-0.3, -0.25) is 9.36 Å². The highest BCUT2D eigenvalue weighted by molar-refractivity contribution is 6.01. The van der Waals surface area contributed by atoms with Crippen LogP contribution in [-0.2, 0) is 11.3 Å². The molecule has 7 nitrogen and oxygen atoms in total. The fourth-order valence-electron chi connectivity index (χ4n) is 1.67. The first-order valence-corrected chi connectivity index (χ1v) is 4.74. The van der Waals surface area contributed by atoms with Gasteiger partial charge in [0.25, 0.3) is 0 Å². The summed E-state index contributed by atoms with van der Waals surface area (Å²) in [7, 11) is 0. The molecule has 1 heterocycles. The number of hydrogen-bond donors (Lipinski definition) is 3. The van der Waals surface area contributed by atoms with Gasteiger partial charge in [0.05, 0.1) is 16.6 Å². The number of para-hydroxylation sites is 1. The lowest BCUT2D eigenvalue weighted by Crippen LogP contribution is -2.26. The molecule has 1 aromatic carbocycles. The largest absolute Gasteiger partial charge is 0.478 e. The third-order valence-corrected chi connectivity index (χ3v) is 2.35. The Balaban J connectivity index is 2.76. The van der Waals surface area contributed by atoms with Gasteiger partial charge in [-0.05, 0) is 12.1 Å². The molecule has 0 atom stereocenters. The van der Waals surface area contributed by atoms with Crippen molar-refractivity contribution in [2.45, 2.75) is 6.54 Å². The lowest BCUT2D eigenvalue weighted by Gasteiger charge is -2.00. The minimum atomic E-state index is -1.15. The van der Waals surface area contributed by atoms with Gasteiger partial charge in [-0.15, -0.1) is 0 Å². The van der Waals surface area contributed by atoms with Gasteiger partial charge in [0.15, 0.2) is 0 Å². The maximum atomic E-state index is 11.6. The first-order chi connectivity index (χ1) is 8.00. The number of amides is 1. The van der Waals surface area contributed by atoms with E-state index in [0.29, 0.717) is 5.52 Å². The predicted octanol–water partition coefficient (Wildman–Crippen LogP) is -0.487. The number of nitrogens with one attached hydrogen (secondary N) is 1. The number of aromatic nitrogens is 2. The molecule has 2 aromatic rings. The van der Waals surface area contributed by atoms with Gasteiger partial charge < -0.3 is 15.8 Å². The SMILES string of the molecule is NC(=O)Cn1c(=O)[nH]c2c(C(=O)O)cccc21. The lowest BCUT2D eigenvalue weighted by molar-refractivity contribution is -0.118. The van der Waals surface area contributed by atoms with E-state index < -0.39 is 17.6 Å². The number of carbonyl (C=O) groups excluding carboxylic acids is 1. The molecule has 7 heteroatoms. The minimum absolute atomic E-state index is 0.0252. The molecule has 0 aliphatic carbocycles. The second kappa shape index (κ2) is 3.78. The Kier molecular flexibility index (Phi) is 2.43. The molecule has 0 spiro atoms. The van der Waals surface area contributed by atoms with Gasteiger partial charge in [0.2, 0.25) is 5.91 Å². The van der Waals surface area contributed by atoms with Crippen LogP contribution in [0.1, 0.15) is 10.4 Å². The molecule has 4 N–H and O–H groups in total. The molecule has 0 fully saturated rings. The van der Waals surface area contributed by atoms with Crippen LogP contribution < -0.4 is 11.4 Å². The molecular formula is C10H9N3O4. The molecule has 17 heavy (non-hydrogen) atoms. The van der Waals surface area contributed by atoms with Gasteiger partial charge in [0.1, 0.15) is 6.54 Å². The number of benzene rings is 1. The normalized spacial score (nSPS) is 10.6. The summed E-state index contributed by atoms with van der Waals surface area (Å²) in [5.74, 6) is -1.82. The van der Waals surface area contributed by atoms with Crippen molar-refractivity contribution in [3.05, 3.63) is 34.2 Å². The molecule has 0 radical (unpaired) electrons. The number of carboxylic acids is 1. The van der Waals surface area contributed by atoms with Crippen molar-refractivity contribution in [3.8, 4) is 0 Å². The van der Waals surface area contributed by atoms with Crippen molar-refractivity contribution in [2.75, 3.05) is 0 Å². The number of rotatable bonds is 3. The molecule has 1 aromatic heterocycles. The average molecular weight is 235 g/mol. The number of imidazole rings is 1. The summed E-state index contributed by atoms with van der Waals surface area (Å²) >= 11 is 0. The van der Waals surface area contributed by atoms with Gasteiger partial charge >= 0.3 is 11.7 Å². The Bertz CT molecular complexity index is 668. The quantitative estimate of drug-likeness (QED) is 0.665. The van der Waals surface area contributed by atoms with Crippen LogP contribution in [0.3, 0.4) is 0 Å². The maximum absolute atomic E-state index is 11.6. The van der Waals surface area contributed by atoms with E-state index in [-0.39, 0.29) is 17.6 Å². The number of aromatic carboxylic acids is 1. The Morgan fingerprint density at radius 1 is 1.41 bits per heavy atom. The maximum Gasteiger partial charge on any atom is 0.337 e. The van der Waals surface area contributed by atoms with Crippen LogP contribution in [0.15, 0.2) is 23.0 Å². The van der Waals surface area contributed by atoms with E-state index in [1.807, 2.05) is 0 Å². The number of aromatic amines is 1. The highest BCUT2D eigenvalue weighted by Gasteiger charge is 2.14. The Hall–Kier alpha value is -2.57. The van der Waals surface area contributed by atoms with E-state index in [1.165, 1.54) is 12.1 Å². The first-order valence-electron chi connectivity index (χ1n) is 4.74. The van der Waals surface area contributed by atoms with E-state index in [2.05, 4.69) is 4.98 Å². The van der Waals surface area contributed by atoms with Gasteiger partial charge in [0, 0.05) is 0 Å². The topological polar surface area (TPSA) is 118 Å². The molecular weight excluding hydrogens is 226 g/mol. The summed E-state index contributed by atoms with van der Waals surface area (Å²) in [6.07, 6.45) is 0. The summed E-state index contributed by atoms with van der Waals surface area (Å²) < 4.78 is 1.10. The minimum Gasteiger partial charge on any atom is -0.478 e. The Morgan fingerprint density at radius 3 is 2.71 bits per heavy atom. The Labute approximate surface area is 94.5 Å². The number of carboxylic acid groups (broad SMARTS) is 1. The second-order valence-corrected chi connectivity index (χ2v) is 3.49. The van der Waals surface area contributed by atoms with Crippen molar-refractivity contribution in [1.82, 2.24) is 9.55 Å². The van der Waals surface area contributed by atoms with Crippen molar-refractivity contribution in [2.24, 2.45) is 5.73 Å². The smallest absolute Gasteiger partial charge is 0.337 e. The molecule has 0 aliphatic heterocycles. The van der Waals surface area contributed by atoms with Gasteiger partial charge in [-0.2, -0.15) is 0 Å². The molecule has 0 unspecified atom stereocenters. The van der Waals surface area contributed by atoms with Crippen molar-refractivity contribution in [3.63, 3.8) is 0 Å². The van der Waals surface area contributed by atoms with E-state index in [4.69, 9.17) is 10.8 Å². The van der Waals surface area contributed by atoms with Gasteiger partial charge in [-0.25, -0.2) is 9.59 Å². The van der Waals surface area contributed by atoms with E-state index in [1.54, 1.807) is 6.07 Å². The zero-order valence-corrected chi connectivity index (χ0v) is 8.64. The molecule has 0 aliphatic rings. The van der Waals surface area contributed by atoms with E-state index >= 15 is 0 Å². The number of H-pyrrole nitrogens is 1. The third kappa shape index (κ3) is 1.78. The fraction of sp³-hybridized carbons (Fsp3) is 0.100. The number of nitrogens with zero attached hydrogens (tertiary/aromatic N) is 1. The highest BCUT2D eigenvalue weighted by Crippen LogP contribution is 2.15. The fourth-order valence-corrected chi connectivity index (χ4v) is 1.67. The zero-order chi connectivity index (χ0) is 12.6. The van der Waals surface area contributed by atoms with E-state index in [9.17, 15) is 14.4 Å². The van der Waals surface area contributed by atoms with Crippen LogP contribution in [0.4, 0.5) is 0 Å². The van der Waals surface area contributed by atoms with Crippen LogP contribution in [0, 0.1) is 0 Å². The molecule has 0 saturated carbocycles. The number of carbonyl (C=O) groups is 2. The number of fused-ring (bicyclic) bond motifs is 1. The molecule has 0 bridgehead atoms. The van der Waals surface area contributed by atoms with E-state index in [0.717, 1.165) is 4.57 Å². The number of nitrogens with two attached hydrogens (primary N) is 1. The van der Waals surface area contributed by atoms with Crippen LogP contribution in [-0.4, -0.2) is 26.5 Å². The molecule has 88 valence electrons. The summed E-state index contributed by atoms with van der Waals surface area (Å²) in [4.78, 5) is 35.7. The van der Waals surface area contributed by atoms with Crippen molar-refractivity contribution in [1.29, 1.82) is 0 Å². The second-order valence-electron chi connectivity index (χ2n) is 3.49. The van der Waals surface area contributed by atoms with Crippen LogP contribution in [0.5, 0.6) is 0 Å². The highest BCUT2D eigenvalue weighted by atomic mass is 16.4. The summed E-state index contributed by atoms with van der Waals surface area (Å²) in [5.41, 5.74) is 4.95. The zero-order valence-electron chi connectivity index (χ0n) is 8.64. The van der Waals surface area contributed by atoms with Crippen LogP contribution in [0.25, 0.3) is 11.0 Å². The lowest BCUT2D eigenvalue weighted by atomic mass is 10.2. The number of hydrogen-bond acceptors (Lipinski definition) is 3. The van der Waals surface area contributed by atoms with Gasteiger partial charge in [-0.1, -0.05) is 6.07 Å². The van der Waals surface area contributed by atoms with Crippen LogP contribution in [0.2, 0.25) is 0 Å². The third-order valence-electron chi connectivity index (χ3n) is 2.35. The average Bonchev–Trinajstić information content (AvgIpc) is 2.54.